The van der Waals surface area contributed by atoms with Crippen LogP contribution in [0.5, 0.6) is 0 Å². The third-order valence-corrected chi connectivity index (χ3v) is 6.56. The molecular formula is C21H20ClNO4S. The molecule has 0 fully saturated rings. The normalized spacial score (nSPS) is 11.4. The van der Waals surface area contributed by atoms with Crippen molar-refractivity contribution in [3.05, 3.63) is 71.2 Å². The van der Waals surface area contributed by atoms with Crippen LogP contribution in [0.3, 0.4) is 0 Å². The molecule has 0 heterocycles. The molecule has 0 aliphatic carbocycles. The number of benzene rings is 3. The van der Waals surface area contributed by atoms with Crippen molar-refractivity contribution in [2.75, 3.05) is 17.5 Å². The van der Waals surface area contributed by atoms with Crippen molar-refractivity contribution < 1.29 is 17.9 Å². The maximum absolute atomic E-state index is 13.3. The summed E-state index contributed by atoms with van der Waals surface area (Å²) in [4.78, 5) is 12.3. The number of fused-ring (bicyclic) bond motifs is 1. The van der Waals surface area contributed by atoms with Gasteiger partial charge in [-0.15, -0.1) is 0 Å². The molecule has 0 unspecified atom stereocenters. The van der Waals surface area contributed by atoms with E-state index in [9.17, 15) is 13.2 Å². The van der Waals surface area contributed by atoms with Crippen LogP contribution in [0.4, 0.5) is 5.69 Å². The molecule has 0 aromatic heterocycles. The van der Waals surface area contributed by atoms with Crippen LogP contribution in [-0.2, 0) is 14.8 Å². The molecule has 0 saturated heterocycles. The van der Waals surface area contributed by atoms with E-state index >= 15 is 0 Å². The molecular weight excluding hydrogens is 398 g/mol. The second-order valence-corrected chi connectivity index (χ2v) is 8.33. The van der Waals surface area contributed by atoms with Crippen LogP contribution < -0.4 is 4.31 Å². The molecule has 0 saturated carbocycles. The zero-order valence-electron chi connectivity index (χ0n) is 15.6. The van der Waals surface area contributed by atoms with Gasteiger partial charge < -0.3 is 4.74 Å². The lowest BCUT2D eigenvalue weighted by Gasteiger charge is -2.24. The Kier molecular flexibility index (Phi) is 5.91. The summed E-state index contributed by atoms with van der Waals surface area (Å²) >= 11 is 6.10. The van der Waals surface area contributed by atoms with E-state index in [1.807, 2.05) is 24.3 Å². The van der Waals surface area contributed by atoms with Crippen LogP contribution >= 0.6 is 11.6 Å². The van der Waals surface area contributed by atoms with Crippen LogP contribution in [0.1, 0.15) is 24.2 Å². The molecule has 146 valence electrons. The molecule has 3 rings (SSSR count). The Hall–Kier alpha value is -2.57. The molecule has 7 heteroatoms. The number of hydrogen-bond acceptors (Lipinski definition) is 4. The molecule has 0 radical (unpaired) electrons. The lowest BCUT2D eigenvalue weighted by atomic mass is 10.1. The van der Waals surface area contributed by atoms with E-state index in [0.29, 0.717) is 5.69 Å². The number of halogens is 1. The van der Waals surface area contributed by atoms with Crippen molar-refractivity contribution in [2.24, 2.45) is 0 Å². The molecule has 0 aliphatic heterocycles. The summed E-state index contributed by atoms with van der Waals surface area (Å²) in [5.41, 5.74) is 0.483. The van der Waals surface area contributed by atoms with Crippen LogP contribution in [-0.4, -0.2) is 27.5 Å². The van der Waals surface area contributed by atoms with E-state index in [-0.39, 0.29) is 28.6 Å². The third kappa shape index (κ3) is 3.84. The van der Waals surface area contributed by atoms with Gasteiger partial charge >= 0.3 is 5.97 Å². The number of nitrogens with zero attached hydrogens (tertiary/aromatic N) is 1. The molecule has 0 bridgehead atoms. The van der Waals surface area contributed by atoms with Crippen LogP contribution in [0.2, 0.25) is 5.02 Å². The second kappa shape index (κ2) is 8.20. The lowest BCUT2D eigenvalue weighted by molar-refractivity contribution is 0.0526. The highest BCUT2D eigenvalue weighted by Gasteiger charge is 2.25. The Labute approximate surface area is 169 Å². The first-order chi connectivity index (χ1) is 13.4. The average molecular weight is 418 g/mol. The highest BCUT2D eigenvalue weighted by Crippen LogP contribution is 2.29. The van der Waals surface area contributed by atoms with E-state index in [1.165, 1.54) is 16.4 Å². The van der Waals surface area contributed by atoms with E-state index in [2.05, 4.69) is 0 Å². The van der Waals surface area contributed by atoms with Gasteiger partial charge in [0.05, 0.1) is 27.8 Å². The Morgan fingerprint density at radius 1 is 1.00 bits per heavy atom. The summed E-state index contributed by atoms with van der Waals surface area (Å²) in [7, 11) is -3.83. The van der Waals surface area contributed by atoms with Gasteiger partial charge in [-0.25, -0.2) is 13.2 Å². The summed E-state index contributed by atoms with van der Waals surface area (Å²) in [5.74, 6) is -0.589. The molecule has 0 amide bonds. The monoisotopic (exact) mass is 417 g/mol. The molecule has 0 spiro atoms. The van der Waals surface area contributed by atoms with E-state index < -0.39 is 16.0 Å². The fourth-order valence-electron chi connectivity index (χ4n) is 2.98. The summed E-state index contributed by atoms with van der Waals surface area (Å²) in [5, 5.41) is 2.00. The maximum Gasteiger partial charge on any atom is 0.339 e. The van der Waals surface area contributed by atoms with Crippen LogP contribution in [0.15, 0.2) is 65.6 Å². The SMILES string of the molecule is CCOC(=O)c1cc(N(CC)S(=O)(=O)c2ccc3ccccc3c2)ccc1Cl. The first kappa shape index (κ1) is 20.2. The van der Waals surface area contributed by atoms with Crippen LogP contribution in [0.25, 0.3) is 10.8 Å². The van der Waals surface area contributed by atoms with Gasteiger partial charge in [0.15, 0.2) is 0 Å². The van der Waals surface area contributed by atoms with Gasteiger partial charge in [0.25, 0.3) is 10.0 Å². The number of ether oxygens (including phenoxy) is 1. The van der Waals surface area contributed by atoms with E-state index in [0.717, 1.165) is 10.8 Å². The maximum atomic E-state index is 13.3. The van der Waals surface area contributed by atoms with Crippen molar-refractivity contribution in [3.8, 4) is 0 Å². The molecule has 5 nitrogen and oxygen atoms in total. The number of rotatable bonds is 6. The lowest BCUT2D eigenvalue weighted by Crippen LogP contribution is -2.31. The van der Waals surface area contributed by atoms with Gasteiger partial charge in [-0.2, -0.15) is 0 Å². The summed E-state index contributed by atoms with van der Waals surface area (Å²) < 4.78 is 32.8. The third-order valence-electron chi connectivity index (χ3n) is 4.33. The van der Waals surface area contributed by atoms with Gasteiger partial charge in [-0.3, -0.25) is 4.31 Å². The van der Waals surface area contributed by atoms with E-state index in [1.54, 1.807) is 38.1 Å². The smallest absolute Gasteiger partial charge is 0.339 e. The average Bonchev–Trinajstić information content (AvgIpc) is 2.69. The minimum Gasteiger partial charge on any atom is -0.462 e. The fourth-order valence-corrected chi connectivity index (χ4v) is 4.68. The minimum absolute atomic E-state index is 0.133. The number of hydrogen-bond donors (Lipinski definition) is 0. The Morgan fingerprint density at radius 2 is 1.71 bits per heavy atom. The second-order valence-electron chi connectivity index (χ2n) is 6.06. The Bertz CT molecular complexity index is 1130. The molecule has 0 aliphatic rings. The molecule has 0 atom stereocenters. The molecule has 3 aromatic carbocycles. The van der Waals surface area contributed by atoms with Gasteiger partial charge in [0.1, 0.15) is 0 Å². The summed E-state index contributed by atoms with van der Waals surface area (Å²) in [6.07, 6.45) is 0. The highest BCUT2D eigenvalue weighted by atomic mass is 35.5. The molecule has 28 heavy (non-hydrogen) atoms. The van der Waals surface area contributed by atoms with Gasteiger partial charge in [0.2, 0.25) is 0 Å². The summed E-state index contributed by atoms with van der Waals surface area (Å²) in [6, 6.07) is 17.1. The molecule has 0 N–H and O–H groups in total. The Morgan fingerprint density at radius 3 is 2.39 bits per heavy atom. The van der Waals surface area contributed by atoms with E-state index in [4.69, 9.17) is 16.3 Å². The van der Waals surface area contributed by atoms with Crippen molar-refractivity contribution in [1.29, 1.82) is 0 Å². The topological polar surface area (TPSA) is 63.7 Å². The molecule has 3 aromatic rings. The van der Waals surface area contributed by atoms with Gasteiger partial charge in [-0.05, 0) is 55.0 Å². The van der Waals surface area contributed by atoms with Crippen molar-refractivity contribution >= 4 is 44.1 Å². The fraction of sp³-hybridized carbons (Fsp3) is 0.190. The predicted octanol–water partition coefficient (Wildman–Crippen LogP) is 4.89. The largest absolute Gasteiger partial charge is 0.462 e. The number of carbonyl (C=O) groups excluding carboxylic acids is 1. The zero-order valence-corrected chi connectivity index (χ0v) is 17.1. The quantitative estimate of drug-likeness (QED) is 0.536. The summed E-state index contributed by atoms with van der Waals surface area (Å²) in [6.45, 7) is 3.82. The van der Waals surface area contributed by atoms with Gasteiger partial charge in [-0.1, -0.05) is 41.9 Å². The number of esters is 1. The minimum atomic E-state index is -3.83. The van der Waals surface area contributed by atoms with Crippen LogP contribution in [0, 0.1) is 0 Å². The standard InChI is InChI=1S/C21H20ClNO4S/c1-3-23(17-10-12-20(22)19(14-17)21(24)27-4-2)28(25,26)18-11-9-15-7-5-6-8-16(15)13-18/h5-14H,3-4H2,1-2H3. The predicted molar refractivity (Wildman–Crippen MR) is 112 cm³/mol. The highest BCUT2D eigenvalue weighted by molar-refractivity contribution is 7.92. The first-order valence-corrected chi connectivity index (χ1v) is 10.7. The number of carbonyl (C=O) groups is 1. The van der Waals surface area contributed by atoms with Crippen molar-refractivity contribution in [2.45, 2.75) is 18.7 Å². The number of sulfonamides is 1. The first-order valence-electron chi connectivity index (χ1n) is 8.86. The number of anilines is 1. The van der Waals surface area contributed by atoms with Crippen molar-refractivity contribution in [3.63, 3.8) is 0 Å². The van der Waals surface area contributed by atoms with Gasteiger partial charge in [0, 0.05) is 6.54 Å². The zero-order chi connectivity index (χ0) is 20.3. The van der Waals surface area contributed by atoms with Crippen molar-refractivity contribution in [1.82, 2.24) is 0 Å². The Balaban J connectivity index is 2.06.